The minimum Gasteiger partial charge on any atom is -0.497 e. The molecule has 1 aromatic carbocycles. The number of aliphatic hydroxyl groups is 2. The second-order valence-electron chi connectivity index (χ2n) is 8.94. The van der Waals surface area contributed by atoms with Gasteiger partial charge in [0.25, 0.3) is 0 Å². The van der Waals surface area contributed by atoms with Crippen LogP contribution in [0.5, 0.6) is 5.75 Å². The maximum Gasteiger partial charge on any atom is 0.119 e. The number of aromatic nitrogens is 1. The summed E-state index contributed by atoms with van der Waals surface area (Å²) in [6, 6.07) is 10.0. The molecule has 1 heterocycles. The monoisotopic (exact) mass is 395 g/mol. The van der Waals surface area contributed by atoms with Crippen molar-refractivity contribution in [1.82, 2.24) is 4.98 Å². The minimum atomic E-state index is -0.415. The van der Waals surface area contributed by atoms with E-state index >= 15 is 0 Å². The molecule has 4 heteroatoms. The molecule has 4 nitrogen and oxygen atoms in total. The minimum absolute atomic E-state index is 0.111. The summed E-state index contributed by atoms with van der Waals surface area (Å²) in [5, 5.41) is 21.6. The Bertz CT molecular complexity index is 862. The van der Waals surface area contributed by atoms with Gasteiger partial charge in [-0.2, -0.15) is 0 Å². The average Bonchev–Trinajstić information content (AvgIpc) is 2.75. The van der Waals surface area contributed by atoms with Gasteiger partial charge >= 0.3 is 0 Å². The van der Waals surface area contributed by atoms with Gasteiger partial charge < -0.3 is 14.9 Å². The van der Waals surface area contributed by atoms with Gasteiger partial charge in [-0.05, 0) is 79.7 Å². The summed E-state index contributed by atoms with van der Waals surface area (Å²) < 4.78 is 5.30. The van der Waals surface area contributed by atoms with Crippen molar-refractivity contribution >= 4 is 17.0 Å². The topological polar surface area (TPSA) is 62.6 Å². The van der Waals surface area contributed by atoms with E-state index in [4.69, 9.17) is 9.72 Å². The third kappa shape index (κ3) is 4.19. The van der Waals surface area contributed by atoms with Crippen molar-refractivity contribution < 1.29 is 14.9 Å². The summed E-state index contributed by atoms with van der Waals surface area (Å²) in [5.41, 5.74) is 1.89. The van der Waals surface area contributed by atoms with Gasteiger partial charge in [-0.3, -0.25) is 0 Å². The molecule has 2 N–H and O–H groups in total. The lowest BCUT2D eigenvalue weighted by atomic mass is 9.57. The fourth-order valence-electron chi connectivity index (χ4n) is 5.91. The van der Waals surface area contributed by atoms with E-state index in [-0.39, 0.29) is 18.4 Å². The van der Waals surface area contributed by atoms with Gasteiger partial charge in [-0.25, -0.2) is 4.98 Å². The number of hydrogen-bond acceptors (Lipinski definition) is 4. The van der Waals surface area contributed by atoms with Crippen LogP contribution >= 0.6 is 0 Å². The summed E-state index contributed by atoms with van der Waals surface area (Å²) in [7, 11) is 1.67. The van der Waals surface area contributed by atoms with Crippen LogP contribution in [0.15, 0.2) is 36.4 Å². The first-order chi connectivity index (χ1) is 14.1. The van der Waals surface area contributed by atoms with Crippen molar-refractivity contribution in [3.05, 3.63) is 42.1 Å². The van der Waals surface area contributed by atoms with Crippen LogP contribution in [-0.2, 0) is 0 Å². The smallest absolute Gasteiger partial charge is 0.119 e. The van der Waals surface area contributed by atoms with E-state index < -0.39 is 6.10 Å². The van der Waals surface area contributed by atoms with E-state index in [1.807, 2.05) is 31.2 Å². The van der Waals surface area contributed by atoms with Crippen LogP contribution in [0.3, 0.4) is 0 Å². The molecule has 0 amide bonds. The molecule has 2 fully saturated rings. The molecule has 2 aromatic rings. The quantitative estimate of drug-likeness (QED) is 0.771. The van der Waals surface area contributed by atoms with Crippen molar-refractivity contribution in [2.24, 2.45) is 29.6 Å². The predicted octanol–water partition coefficient (Wildman–Crippen LogP) is 4.69. The molecule has 2 aliphatic rings. The molecule has 0 bridgehead atoms. The molecule has 4 rings (SSSR count). The van der Waals surface area contributed by atoms with Crippen LogP contribution in [0, 0.1) is 29.6 Å². The molecule has 0 spiro atoms. The fourth-order valence-corrected chi connectivity index (χ4v) is 5.91. The largest absolute Gasteiger partial charge is 0.497 e. The standard InChI is InChI=1S/C25H33NO3/c1-16(28)25-19(15-27)13-17-5-3-4-6-22(17)23(25)11-9-20-8-7-18-14-21(29-2)10-12-24(18)26-20/h7-12,14,16-17,19,22-23,25,27-28H,3-6,13,15H2,1-2H3/b11-9+/t16-,17+,19+,22-,23+,25-/m0/s1. The molecule has 0 radical (unpaired) electrons. The maximum absolute atomic E-state index is 10.6. The summed E-state index contributed by atoms with van der Waals surface area (Å²) in [6.45, 7) is 2.05. The Kier molecular flexibility index (Phi) is 6.21. The van der Waals surface area contributed by atoms with Crippen molar-refractivity contribution in [2.45, 2.75) is 45.1 Å². The highest BCUT2D eigenvalue weighted by atomic mass is 16.5. The molecule has 2 saturated carbocycles. The highest BCUT2D eigenvalue weighted by Gasteiger charge is 2.45. The van der Waals surface area contributed by atoms with Crippen LogP contribution in [0.2, 0.25) is 0 Å². The van der Waals surface area contributed by atoms with Gasteiger partial charge in [0.05, 0.1) is 24.4 Å². The van der Waals surface area contributed by atoms with E-state index in [9.17, 15) is 10.2 Å². The van der Waals surface area contributed by atoms with E-state index in [0.717, 1.165) is 28.8 Å². The van der Waals surface area contributed by atoms with Gasteiger partial charge in [0.2, 0.25) is 0 Å². The Morgan fingerprint density at radius 2 is 2.03 bits per heavy atom. The van der Waals surface area contributed by atoms with E-state index in [1.54, 1.807) is 7.11 Å². The van der Waals surface area contributed by atoms with Crippen molar-refractivity contribution in [3.63, 3.8) is 0 Å². The molecule has 1 aromatic heterocycles. The maximum atomic E-state index is 10.6. The zero-order valence-corrected chi connectivity index (χ0v) is 17.5. The van der Waals surface area contributed by atoms with Crippen molar-refractivity contribution in [2.75, 3.05) is 13.7 Å². The third-order valence-electron chi connectivity index (χ3n) is 7.26. The molecular formula is C25H33NO3. The van der Waals surface area contributed by atoms with E-state index in [2.05, 4.69) is 18.2 Å². The molecule has 156 valence electrons. The van der Waals surface area contributed by atoms with E-state index in [1.165, 1.54) is 25.7 Å². The molecular weight excluding hydrogens is 362 g/mol. The van der Waals surface area contributed by atoms with Crippen LogP contribution in [0.25, 0.3) is 17.0 Å². The summed E-state index contributed by atoms with van der Waals surface area (Å²) in [5.74, 6) is 2.69. The Labute approximate surface area is 173 Å². The Morgan fingerprint density at radius 3 is 2.79 bits per heavy atom. The van der Waals surface area contributed by atoms with Crippen LogP contribution < -0.4 is 4.74 Å². The Balaban J connectivity index is 1.63. The summed E-state index contributed by atoms with van der Waals surface area (Å²) >= 11 is 0. The number of aliphatic hydroxyl groups excluding tert-OH is 2. The third-order valence-corrected chi connectivity index (χ3v) is 7.26. The normalized spacial score (nSPS) is 31.0. The molecule has 6 atom stereocenters. The highest BCUT2D eigenvalue weighted by molar-refractivity contribution is 5.81. The van der Waals surface area contributed by atoms with Crippen LogP contribution in [-0.4, -0.2) is 35.0 Å². The number of benzene rings is 1. The fraction of sp³-hybridized carbons (Fsp3) is 0.560. The van der Waals surface area contributed by atoms with Gasteiger partial charge in [0.15, 0.2) is 0 Å². The van der Waals surface area contributed by atoms with Crippen LogP contribution in [0.4, 0.5) is 0 Å². The van der Waals surface area contributed by atoms with Gasteiger partial charge in [0.1, 0.15) is 5.75 Å². The lowest BCUT2D eigenvalue weighted by Gasteiger charge is -2.49. The second-order valence-corrected chi connectivity index (χ2v) is 8.94. The molecule has 2 aliphatic carbocycles. The number of nitrogens with zero attached hydrogens (tertiary/aromatic N) is 1. The number of ether oxygens (including phenoxy) is 1. The van der Waals surface area contributed by atoms with Gasteiger partial charge in [-0.1, -0.05) is 31.4 Å². The Hall–Kier alpha value is -1.91. The first-order valence-corrected chi connectivity index (χ1v) is 11.0. The average molecular weight is 396 g/mol. The van der Waals surface area contributed by atoms with Gasteiger partial charge in [0, 0.05) is 12.0 Å². The number of pyridine rings is 1. The molecule has 0 unspecified atom stereocenters. The van der Waals surface area contributed by atoms with Crippen molar-refractivity contribution in [3.8, 4) is 5.75 Å². The van der Waals surface area contributed by atoms with Crippen molar-refractivity contribution in [1.29, 1.82) is 0 Å². The first kappa shape index (κ1) is 20.4. The zero-order valence-electron chi connectivity index (χ0n) is 17.5. The Morgan fingerprint density at radius 1 is 1.21 bits per heavy atom. The number of fused-ring (bicyclic) bond motifs is 2. The molecule has 0 aliphatic heterocycles. The van der Waals surface area contributed by atoms with Gasteiger partial charge in [-0.15, -0.1) is 0 Å². The number of rotatable bonds is 5. The van der Waals surface area contributed by atoms with Crippen LogP contribution in [0.1, 0.15) is 44.7 Å². The predicted molar refractivity (Wildman–Crippen MR) is 117 cm³/mol. The second kappa shape index (κ2) is 8.85. The summed E-state index contributed by atoms with van der Waals surface area (Å²) in [6.07, 6.45) is 10.1. The number of methoxy groups -OCH3 is 1. The first-order valence-electron chi connectivity index (χ1n) is 11.0. The SMILES string of the molecule is COc1ccc2nc(/C=C/[C@@H]3[C@H]4CCCC[C@@H]4C[C@H](CO)[C@@H]3[C@H](C)O)ccc2c1. The lowest BCUT2D eigenvalue weighted by molar-refractivity contribution is -0.0470. The summed E-state index contributed by atoms with van der Waals surface area (Å²) in [4.78, 5) is 4.79. The lowest BCUT2D eigenvalue weighted by Crippen LogP contribution is -2.46. The highest BCUT2D eigenvalue weighted by Crippen LogP contribution is 2.50. The number of allylic oxidation sites excluding steroid dienone is 1. The number of hydrogen-bond donors (Lipinski definition) is 2. The molecule has 29 heavy (non-hydrogen) atoms. The molecule has 0 saturated heterocycles. The zero-order chi connectivity index (χ0) is 20.4. The van der Waals surface area contributed by atoms with E-state index in [0.29, 0.717) is 17.8 Å².